The summed E-state index contributed by atoms with van der Waals surface area (Å²) < 4.78 is 41.2. The smallest absolute Gasteiger partial charge is 0.395 e. The minimum Gasteiger partial charge on any atom is -0.395 e. The van der Waals surface area contributed by atoms with Crippen molar-refractivity contribution >= 4 is 0 Å². The summed E-state index contributed by atoms with van der Waals surface area (Å²) in [6.07, 6.45) is -3.61. The van der Waals surface area contributed by atoms with Crippen LogP contribution in [0, 0.1) is 6.92 Å². The number of hydrogen-bond donors (Lipinski definition) is 0. The van der Waals surface area contributed by atoms with Crippen molar-refractivity contribution in [3.8, 4) is 11.5 Å². The fraction of sp³-hybridized carbons (Fsp3) is 0.500. The standard InChI is InChI=1S/C16H18F2N4O3/c1-10-19-15(25-20-10)12-9-22(7-6-21(12)2)8-11-4-3-5-13-14(11)24-16(17,18)23-13/h3-5,12H,6-9H2,1-2H3. The quantitative estimate of drug-likeness (QED) is 0.839. The fourth-order valence-corrected chi connectivity index (χ4v) is 3.18. The molecule has 0 aliphatic carbocycles. The topological polar surface area (TPSA) is 63.9 Å². The van der Waals surface area contributed by atoms with Gasteiger partial charge >= 0.3 is 6.29 Å². The van der Waals surface area contributed by atoms with Crippen LogP contribution in [0.2, 0.25) is 0 Å². The van der Waals surface area contributed by atoms with E-state index in [0.29, 0.717) is 30.4 Å². The average Bonchev–Trinajstić information content (AvgIpc) is 3.11. The maximum atomic E-state index is 13.3. The molecule has 1 aromatic heterocycles. The van der Waals surface area contributed by atoms with Gasteiger partial charge in [0.2, 0.25) is 5.89 Å². The van der Waals surface area contributed by atoms with Gasteiger partial charge in [0.25, 0.3) is 0 Å². The molecule has 0 saturated carbocycles. The minimum atomic E-state index is -3.61. The zero-order valence-electron chi connectivity index (χ0n) is 13.9. The van der Waals surface area contributed by atoms with Crippen molar-refractivity contribution in [2.24, 2.45) is 0 Å². The molecular weight excluding hydrogens is 334 g/mol. The molecular formula is C16H18F2N4O3. The summed E-state index contributed by atoms with van der Waals surface area (Å²) in [5.41, 5.74) is 0.666. The summed E-state index contributed by atoms with van der Waals surface area (Å²) in [4.78, 5) is 8.61. The molecule has 7 nitrogen and oxygen atoms in total. The second-order valence-electron chi connectivity index (χ2n) is 6.32. The molecule has 134 valence electrons. The Morgan fingerprint density at radius 1 is 1.28 bits per heavy atom. The van der Waals surface area contributed by atoms with Crippen molar-refractivity contribution in [1.29, 1.82) is 0 Å². The van der Waals surface area contributed by atoms with Gasteiger partial charge in [-0.15, -0.1) is 8.78 Å². The van der Waals surface area contributed by atoms with Crippen LogP contribution in [-0.4, -0.2) is 52.9 Å². The Balaban J connectivity index is 1.52. The number of para-hydroxylation sites is 1. The lowest BCUT2D eigenvalue weighted by Crippen LogP contribution is -2.46. The van der Waals surface area contributed by atoms with Crippen LogP contribution in [0.5, 0.6) is 11.5 Å². The van der Waals surface area contributed by atoms with Gasteiger partial charge in [-0.25, -0.2) is 0 Å². The molecule has 0 bridgehead atoms. The molecule has 2 aliphatic heterocycles. The monoisotopic (exact) mass is 352 g/mol. The summed E-state index contributed by atoms with van der Waals surface area (Å²) in [6.45, 7) is 4.49. The Morgan fingerprint density at radius 3 is 2.88 bits per heavy atom. The third-order valence-electron chi connectivity index (χ3n) is 4.46. The van der Waals surface area contributed by atoms with Crippen LogP contribution in [0.4, 0.5) is 8.78 Å². The van der Waals surface area contributed by atoms with Crippen molar-refractivity contribution in [2.45, 2.75) is 25.8 Å². The number of halogens is 2. The van der Waals surface area contributed by atoms with E-state index in [2.05, 4.69) is 29.4 Å². The van der Waals surface area contributed by atoms with E-state index in [-0.39, 0.29) is 17.5 Å². The summed E-state index contributed by atoms with van der Waals surface area (Å²) in [5, 5.41) is 3.85. The molecule has 0 N–H and O–H groups in total. The first-order chi connectivity index (χ1) is 11.9. The Labute approximate surface area is 143 Å². The number of aryl methyl sites for hydroxylation is 1. The Hall–Kier alpha value is -2.26. The van der Waals surface area contributed by atoms with E-state index < -0.39 is 6.29 Å². The third kappa shape index (κ3) is 3.16. The molecule has 0 spiro atoms. The van der Waals surface area contributed by atoms with Crippen LogP contribution < -0.4 is 9.47 Å². The van der Waals surface area contributed by atoms with Gasteiger partial charge in [0.1, 0.15) is 6.04 Å². The van der Waals surface area contributed by atoms with Crippen LogP contribution >= 0.6 is 0 Å². The molecule has 25 heavy (non-hydrogen) atoms. The van der Waals surface area contributed by atoms with Gasteiger partial charge < -0.3 is 14.0 Å². The lowest BCUT2D eigenvalue weighted by atomic mass is 10.1. The van der Waals surface area contributed by atoms with E-state index in [0.717, 1.165) is 13.1 Å². The Kier molecular flexibility index (Phi) is 3.84. The van der Waals surface area contributed by atoms with Gasteiger partial charge in [-0.3, -0.25) is 9.80 Å². The highest BCUT2D eigenvalue weighted by Crippen LogP contribution is 2.43. The molecule has 2 aliphatic rings. The summed E-state index contributed by atoms with van der Waals surface area (Å²) in [6, 6.07) is 4.90. The largest absolute Gasteiger partial charge is 0.586 e. The highest BCUT2D eigenvalue weighted by atomic mass is 19.3. The van der Waals surface area contributed by atoms with Gasteiger partial charge in [-0.2, -0.15) is 4.98 Å². The second kappa shape index (κ2) is 5.92. The average molecular weight is 352 g/mol. The van der Waals surface area contributed by atoms with Gasteiger partial charge in [0.05, 0.1) is 0 Å². The predicted octanol–water partition coefficient (Wildman–Crippen LogP) is 2.19. The minimum absolute atomic E-state index is 0.0367. The molecule has 1 atom stereocenters. The highest BCUT2D eigenvalue weighted by molar-refractivity contribution is 5.48. The third-order valence-corrected chi connectivity index (χ3v) is 4.46. The number of ether oxygens (including phenoxy) is 2. The van der Waals surface area contributed by atoms with E-state index in [1.165, 1.54) is 6.07 Å². The number of rotatable bonds is 3. The van der Waals surface area contributed by atoms with Crippen LogP contribution in [0.1, 0.15) is 23.3 Å². The first kappa shape index (κ1) is 16.2. The number of fused-ring (bicyclic) bond motifs is 1. The maximum absolute atomic E-state index is 13.3. The van der Waals surface area contributed by atoms with Crippen molar-refractivity contribution in [2.75, 3.05) is 26.7 Å². The summed E-state index contributed by atoms with van der Waals surface area (Å²) in [5.74, 6) is 1.33. The normalized spacial score (nSPS) is 23.1. The van der Waals surface area contributed by atoms with Crippen molar-refractivity contribution < 1.29 is 22.8 Å². The molecule has 2 aromatic rings. The Bertz CT molecular complexity index is 782. The van der Waals surface area contributed by atoms with E-state index >= 15 is 0 Å². The number of hydrogen-bond acceptors (Lipinski definition) is 7. The van der Waals surface area contributed by atoms with E-state index in [4.69, 9.17) is 4.52 Å². The molecule has 9 heteroatoms. The molecule has 1 fully saturated rings. The number of benzene rings is 1. The van der Waals surface area contributed by atoms with Gasteiger partial charge in [0, 0.05) is 31.7 Å². The SMILES string of the molecule is Cc1noc(C2CN(Cc3cccc4c3OC(F)(F)O4)CCN2C)n1. The molecule has 4 rings (SSSR count). The van der Waals surface area contributed by atoms with E-state index in [1.54, 1.807) is 19.1 Å². The first-order valence-electron chi connectivity index (χ1n) is 8.02. The molecule has 0 radical (unpaired) electrons. The zero-order valence-corrected chi connectivity index (χ0v) is 13.9. The molecule has 1 aromatic carbocycles. The lowest BCUT2D eigenvalue weighted by molar-refractivity contribution is -0.287. The fourth-order valence-electron chi connectivity index (χ4n) is 3.18. The van der Waals surface area contributed by atoms with E-state index in [1.807, 2.05) is 7.05 Å². The van der Waals surface area contributed by atoms with Crippen molar-refractivity contribution in [3.63, 3.8) is 0 Å². The summed E-state index contributed by atoms with van der Waals surface area (Å²) in [7, 11) is 2.00. The van der Waals surface area contributed by atoms with Crippen LogP contribution in [0.25, 0.3) is 0 Å². The van der Waals surface area contributed by atoms with Crippen LogP contribution in [-0.2, 0) is 6.54 Å². The molecule has 1 unspecified atom stereocenters. The zero-order chi connectivity index (χ0) is 17.6. The molecule has 0 amide bonds. The number of piperazine rings is 1. The summed E-state index contributed by atoms with van der Waals surface area (Å²) >= 11 is 0. The number of alkyl halides is 2. The van der Waals surface area contributed by atoms with Crippen LogP contribution in [0.3, 0.4) is 0 Å². The first-order valence-corrected chi connectivity index (χ1v) is 8.02. The van der Waals surface area contributed by atoms with Crippen molar-refractivity contribution in [1.82, 2.24) is 19.9 Å². The van der Waals surface area contributed by atoms with Gasteiger partial charge in [-0.1, -0.05) is 17.3 Å². The Morgan fingerprint density at radius 2 is 2.12 bits per heavy atom. The highest BCUT2D eigenvalue weighted by Gasteiger charge is 2.44. The number of aromatic nitrogens is 2. The number of likely N-dealkylation sites (N-methyl/N-ethyl adjacent to an activating group) is 1. The van der Waals surface area contributed by atoms with Gasteiger partial charge in [-0.05, 0) is 20.0 Å². The van der Waals surface area contributed by atoms with Gasteiger partial charge in [0.15, 0.2) is 17.3 Å². The predicted molar refractivity (Wildman–Crippen MR) is 82.3 cm³/mol. The maximum Gasteiger partial charge on any atom is 0.586 e. The van der Waals surface area contributed by atoms with Crippen LogP contribution in [0.15, 0.2) is 22.7 Å². The number of nitrogens with zero attached hydrogens (tertiary/aromatic N) is 4. The lowest BCUT2D eigenvalue weighted by Gasteiger charge is -2.37. The van der Waals surface area contributed by atoms with E-state index in [9.17, 15) is 8.78 Å². The molecule has 3 heterocycles. The molecule has 1 saturated heterocycles. The second-order valence-corrected chi connectivity index (χ2v) is 6.32. The van der Waals surface area contributed by atoms with Crippen molar-refractivity contribution in [3.05, 3.63) is 35.5 Å².